The van der Waals surface area contributed by atoms with Gasteiger partial charge in [0.1, 0.15) is 0 Å². The maximum absolute atomic E-state index is 8.89. The number of aromatic nitrogens is 2. The van der Waals surface area contributed by atoms with Gasteiger partial charge in [-0.2, -0.15) is 5.10 Å². The third-order valence-electron chi connectivity index (χ3n) is 3.05. The second-order valence-electron chi connectivity index (χ2n) is 4.49. The minimum atomic E-state index is 0.0708. The van der Waals surface area contributed by atoms with Crippen molar-refractivity contribution in [2.24, 2.45) is 0 Å². The lowest BCUT2D eigenvalue weighted by molar-refractivity contribution is 0.269. The molecule has 0 amide bonds. The van der Waals surface area contributed by atoms with Gasteiger partial charge in [-0.05, 0) is 24.1 Å². The molecule has 0 spiro atoms. The highest BCUT2D eigenvalue weighted by molar-refractivity contribution is 6.35. The number of hydrogen-bond donors (Lipinski definition) is 2. The van der Waals surface area contributed by atoms with E-state index in [0.29, 0.717) is 16.6 Å². The van der Waals surface area contributed by atoms with E-state index in [9.17, 15) is 0 Å². The van der Waals surface area contributed by atoms with Crippen molar-refractivity contribution in [2.75, 3.05) is 11.9 Å². The third-order valence-corrected chi connectivity index (χ3v) is 3.61. The van der Waals surface area contributed by atoms with Crippen LogP contribution in [0.2, 0.25) is 10.0 Å². The smallest absolute Gasteiger partial charge is 0.0731 e. The molecule has 1 unspecified atom stereocenters. The number of halogens is 2. The van der Waals surface area contributed by atoms with Crippen LogP contribution in [0.3, 0.4) is 0 Å². The second-order valence-corrected chi connectivity index (χ2v) is 5.33. The number of anilines is 1. The zero-order valence-electron chi connectivity index (χ0n) is 11.2. The summed E-state index contributed by atoms with van der Waals surface area (Å²) in [5.74, 6) is 0. The van der Waals surface area contributed by atoms with Crippen LogP contribution in [0.1, 0.15) is 24.9 Å². The van der Waals surface area contributed by atoms with E-state index in [1.165, 1.54) is 0 Å². The van der Waals surface area contributed by atoms with Crippen molar-refractivity contribution in [3.8, 4) is 0 Å². The molecule has 0 aliphatic rings. The summed E-state index contributed by atoms with van der Waals surface area (Å²) >= 11 is 12.2. The topological polar surface area (TPSA) is 50.1 Å². The molecule has 4 nitrogen and oxygen atoms in total. The standard InChI is InChI=1S/C14H17Cl2N3O/c1-2-14(12-4-3-10(15)7-13(12)16)18-11-8-17-19(9-11)5-6-20/h3-4,7-9,14,18,20H,2,5-6H2,1H3. The fraction of sp³-hybridized carbons (Fsp3) is 0.357. The second kappa shape index (κ2) is 6.97. The van der Waals surface area contributed by atoms with Gasteiger partial charge in [-0.1, -0.05) is 36.2 Å². The van der Waals surface area contributed by atoms with E-state index in [2.05, 4.69) is 17.3 Å². The number of hydrogen-bond acceptors (Lipinski definition) is 3. The number of benzene rings is 1. The van der Waals surface area contributed by atoms with Gasteiger partial charge in [0.15, 0.2) is 0 Å². The molecule has 0 saturated heterocycles. The van der Waals surface area contributed by atoms with E-state index in [1.807, 2.05) is 18.3 Å². The first kappa shape index (κ1) is 15.2. The van der Waals surface area contributed by atoms with E-state index in [1.54, 1.807) is 16.9 Å². The Morgan fingerprint density at radius 3 is 2.85 bits per heavy atom. The van der Waals surface area contributed by atoms with Gasteiger partial charge >= 0.3 is 0 Å². The Hall–Kier alpha value is -1.23. The lowest BCUT2D eigenvalue weighted by Crippen LogP contribution is -2.10. The molecule has 1 heterocycles. The Morgan fingerprint density at radius 2 is 2.20 bits per heavy atom. The molecular weight excluding hydrogens is 297 g/mol. The van der Waals surface area contributed by atoms with Gasteiger partial charge < -0.3 is 10.4 Å². The average molecular weight is 314 g/mol. The summed E-state index contributed by atoms with van der Waals surface area (Å²) in [5.41, 5.74) is 1.91. The molecule has 108 valence electrons. The summed E-state index contributed by atoms with van der Waals surface area (Å²) in [6, 6.07) is 5.61. The van der Waals surface area contributed by atoms with Crippen molar-refractivity contribution in [1.82, 2.24) is 9.78 Å². The van der Waals surface area contributed by atoms with Gasteiger partial charge in [0.05, 0.1) is 31.1 Å². The SMILES string of the molecule is CCC(Nc1cnn(CCO)c1)c1ccc(Cl)cc1Cl. The van der Waals surface area contributed by atoms with Gasteiger partial charge in [0, 0.05) is 16.2 Å². The first-order valence-corrected chi connectivity index (χ1v) is 7.24. The number of aliphatic hydroxyl groups excluding tert-OH is 1. The fourth-order valence-electron chi connectivity index (χ4n) is 2.05. The molecule has 0 bridgehead atoms. The fourth-order valence-corrected chi connectivity index (χ4v) is 2.59. The largest absolute Gasteiger partial charge is 0.394 e. The van der Waals surface area contributed by atoms with Crippen molar-refractivity contribution in [3.63, 3.8) is 0 Å². The van der Waals surface area contributed by atoms with E-state index in [-0.39, 0.29) is 12.6 Å². The first-order chi connectivity index (χ1) is 9.63. The van der Waals surface area contributed by atoms with Gasteiger partial charge in [0.25, 0.3) is 0 Å². The van der Waals surface area contributed by atoms with Crippen molar-refractivity contribution in [2.45, 2.75) is 25.9 Å². The lowest BCUT2D eigenvalue weighted by atomic mass is 10.0. The van der Waals surface area contributed by atoms with Crippen molar-refractivity contribution >= 4 is 28.9 Å². The van der Waals surface area contributed by atoms with E-state index in [4.69, 9.17) is 28.3 Å². The van der Waals surface area contributed by atoms with Crippen LogP contribution in [0.5, 0.6) is 0 Å². The summed E-state index contributed by atoms with van der Waals surface area (Å²) in [5, 5.41) is 17.7. The van der Waals surface area contributed by atoms with Gasteiger partial charge in [-0.15, -0.1) is 0 Å². The van der Waals surface area contributed by atoms with Crippen LogP contribution in [0.4, 0.5) is 5.69 Å². The summed E-state index contributed by atoms with van der Waals surface area (Å²) < 4.78 is 1.69. The van der Waals surface area contributed by atoms with Crippen LogP contribution in [-0.4, -0.2) is 21.5 Å². The van der Waals surface area contributed by atoms with E-state index < -0.39 is 0 Å². The van der Waals surface area contributed by atoms with Crippen molar-refractivity contribution in [3.05, 3.63) is 46.2 Å². The normalized spacial score (nSPS) is 12.4. The van der Waals surface area contributed by atoms with Gasteiger partial charge in [-0.25, -0.2) is 0 Å². The van der Waals surface area contributed by atoms with E-state index in [0.717, 1.165) is 17.7 Å². The minimum absolute atomic E-state index is 0.0708. The maximum atomic E-state index is 8.89. The molecule has 0 saturated carbocycles. The molecule has 2 rings (SSSR count). The Kier molecular flexibility index (Phi) is 5.29. The predicted molar refractivity (Wildman–Crippen MR) is 82.4 cm³/mol. The molecule has 0 fully saturated rings. The van der Waals surface area contributed by atoms with Crippen LogP contribution in [-0.2, 0) is 6.54 Å². The predicted octanol–water partition coefficient (Wildman–Crippen LogP) is 3.75. The highest BCUT2D eigenvalue weighted by atomic mass is 35.5. The molecule has 1 atom stereocenters. The summed E-state index contributed by atoms with van der Waals surface area (Å²) in [4.78, 5) is 0. The molecule has 2 aromatic rings. The maximum Gasteiger partial charge on any atom is 0.0731 e. The third kappa shape index (κ3) is 3.66. The van der Waals surface area contributed by atoms with E-state index >= 15 is 0 Å². The zero-order chi connectivity index (χ0) is 14.5. The number of aliphatic hydroxyl groups is 1. The molecule has 0 radical (unpaired) electrons. The van der Waals surface area contributed by atoms with Crippen LogP contribution in [0, 0.1) is 0 Å². The Bertz CT molecular complexity index is 571. The zero-order valence-corrected chi connectivity index (χ0v) is 12.7. The first-order valence-electron chi connectivity index (χ1n) is 6.48. The van der Waals surface area contributed by atoms with Gasteiger partial charge in [0.2, 0.25) is 0 Å². The molecular formula is C14H17Cl2N3O. The summed E-state index contributed by atoms with van der Waals surface area (Å²) in [7, 11) is 0. The van der Waals surface area contributed by atoms with Gasteiger partial charge in [-0.3, -0.25) is 4.68 Å². The Morgan fingerprint density at radius 1 is 1.40 bits per heavy atom. The molecule has 1 aromatic heterocycles. The highest BCUT2D eigenvalue weighted by Crippen LogP contribution is 2.30. The molecule has 0 aliphatic carbocycles. The number of rotatable bonds is 6. The van der Waals surface area contributed by atoms with Crippen LogP contribution in [0.25, 0.3) is 0 Å². The number of nitrogens with zero attached hydrogens (tertiary/aromatic N) is 2. The minimum Gasteiger partial charge on any atom is -0.394 e. The quantitative estimate of drug-likeness (QED) is 0.854. The molecule has 2 N–H and O–H groups in total. The van der Waals surface area contributed by atoms with Crippen molar-refractivity contribution < 1.29 is 5.11 Å². The van der Waals surface area contributed by atoms with Crippen LogP contribution >= 0.6 is 23.2 Å². The lowest BCUT2D eigenvalue weighted by Gasteiger charge is -2.19. The Balaban J connectivity index is 2.15. The Labute approximate surface area is 128 Å². The summed E-state index contributed by atoms with van der Waals surface area (Å²) in [6.07, 6.45) is 4.48. The van der Waals surface area contributed by atoms with Crippen LogP contribution < -0.4 is 5.32 Å². The summed E-state index contributed by atoms with van der Waals surface area (Å²) in [6.45, 7) is 2.64. The van der Waals surface area contributed by atoms with Crippen molar-refractivity contribution in [1.29, 1.82) is 0 Å². The monoisotopic (exact) mass is 313 g/mol. The number of nitrogens with one attached hydrogen (secondary N) is 1. The molecule has 6 heteroatoms. The average Bonchev–Trinajstić information content (AvgIpc) is 2.84. The molecule has 0 aliphatic heterocycles. The van der Waals surface area contributed by atoms with Crippen LogP contribution in [0.15, 0.2) is 30.6 Å². The molecule has 1 aromatic carbocycles. The highest BCUT2D eigenvalue weighted by Gasteiger charge is 2.14. The molecule has 20 heavy (non-hydrogen) atoms.